The minimum Gasteiger partial charge on any atom is -0.338 e. The van der Waals surface area contributed by atoms with Gasteiger partial charge in [-0.25, -0.2) is 0 Å². The second kappa shape index (κ2) is 6.51. The second-order valence-corrected chi connectivity index (χ2v) is 6.04. The minimum absolute atomic E-state index is 0.287. The quantitative estimate of drug-likeness (QED) is 0.826. The maximum atomic E-state index is 5.53. The minimum atomic E-state index is 0.287. The van der Waals surface area contributed by atoms with Gasteiger partial charge in [-0.2, -0.15) is 4.98 Å². The van der Waals surface area contributed by atoms with Crippen LogP contribution >= 0.6 is 0 Å². The number of hydrogen-bond acceptors (Lipinski definition) is 4. The van der Waals surface area contributed by atoms with Crippen LogP contribution in [0.1, 0.15) is 87.9 Å². The van der Waals surface area contributed by atoms with Crippen LogP contribution < -0.4 is 5.32 Å². The molecule has 4 nitrogen and oxygen atoms in total. The molecule has 1 aliphatic carbocycles. The lowest BCUT2D eigenvalue weighted by Crippen LogP contribution is -2.20. The van der Waals surface area contributed by atoms with Crippen molar-refractivity contribution in [3.05, 3.63) is 11.7 Å². The Bertz CT molecular complexity index is 340. The Morgan fingerprint density at radius 1 is 0.895 bits per heavy atom. The van der Waals surface area contributed by atoms with Crippen LogP contribution in [0.25, 0.3) is 0 Å². The predicted molar refractivity (Wildman–Crippen MR) is 74.0 cm³/mol. The zero-order valence-corrected chi connectivity index (χ0v) is 11.7. The molecule has 1 aromatic heterocycles. The molecule has 1 N–H and O–H groups in total. The first-order valence-corrected chi connectivity index (χ1v) is 8.00. The molecule has 2 heterocycles. The van der Waals surface area contributed by atoms with E-state index in [9.17, 15) is 0 Å². The Balaban J connectivity index is 1.67. The van der Waals surface area contributed by atoms with Crippen LogP contribution in [0.15, 0.2) is 4.52 Å². The van der Waals surface area contributed by atoms with Crippen molar-refractivity contribution in [1.82, 2.24) is 15.5 Å². The van der Waals surface area contributed by atoms with E-state index in [4.69, 9.17) is 9.51 Å². The summed E-state index contributed by atoms with van der Waals surface area (Å²) < 4.78 is 5.53. The molecule has 1 aromatic rings. The van der Waals surface area contributed by atoms with Gasteiger partial charge in [0.15, 0.2) is 5.82 Å². The monoisotopic (exact) mass is 263 g/mol. The van der Waals surface area contributed by atoms with E-state index in [2.05, 4.69) is 10.5 Å². The van der Waals surface area contributed by atoms with Crippen molar-refractivity contribution in [3.8, 4) is 0 Å². The fourth-order valence-electron chi connectivity index (χ4n) is 3.33. The number of rotatable bonds is 2. The number of aromatic nitrogens is 2. The summed E-state index contributed by atoms with van der Waals surface area (Å²) in [4.78, 5) is 4.70. The third-order valence-electron chi connectivity index (χ3n) is 4.54. The lowest BCUT2D eigenvalue weighted by Gasteiger charge is -2.10. The van der Waals surface area contributed by atoms with Gasteiger partial charge in [0.25, 0.3) is 0 Å². The van der Waals surface area contributed by atoms with Crippen molar-refractivity contribution in [2.45, 2.75) is 76.2 Å². The van der Waals surface area contributed by atoms with Gasteiger partial charge in [-0.1, -0.05) is 43.7 Å². The van der Waals surface area contributed by atoms with E-state index in [1.165, 1.54) is 57.8 Å². The fourth-order valence-corrected chi connectivity index (χ4v) is 3.33. The molecule has 1 saturated carbocycles. The van der Waals surface area contributed by atoms with Crippen LogP contribution in [-0.4, -0.2) is 16.7 Å². The molecular formula is C15H25N3O. The standard InChI is InChI=1S/C15H25N3O/c1-2-5-9-12(8-4-1)14-17-15(19-18-14)13-10-6-3-7-11-16-13/h12-13,16H,1-11H2/t13-/m1/s1. The van der Waals surface area contributed by atoms with Crippen molar-refractivity contribution in [2.75, 3.05) is 6.54 Å². The Morgan fingerprint density at radius 2 is 1.63 bits per heavy atom. The van der Waals surface area contributed by atoms with Crippen molar-refractivity contribution in [3.63, 3.8) is 0 Å². The molecule has 106 valence electrons. The van der Waals surface area contributed by atoms with Crippen molar-refractivity contribution in [2.24, 2.45) is 0 Å². The van der Waals surface area contributed by atoms with Crippen LogP contribution in [0, 0.1) is 0 Å². The van der Waals surface area contributed by atoms with Gasteiger partial charge in [0.05, 0.1) is 6.04 Å². The average molecular weight is 263 g/mol. The lowest BCUT2D eigenvalue weighted by atomic mass is 10.00. The predicted octanol–water partition coefficient (Wildman–Crippen LogP) is 3.71. The molecule has 19 heavy (non-hydrogen) atoms. The molecule has 0 amide bonds. The number of hydrogen-bond donors (Lipinski definition) is 1. The van der Waals surface area contributed by atoms with Gasteiger partial charge in [0, 0.05) is 5.92 Å². The molecule has 2 aliphatic rings. The maximum Gasteiger partial charge on any atom is 0.243 e. The van der Waals surface area contributed by atoms with E-state index in [1.54, 1.807) is 0 Å². The maximum absolute atomic E-state index is 5.53. The summed E-state index contributed by atoms with van der Waals surface area (Å²) in [6, 6.07) is 0.287. The SMILES string of the molecule is C1CCCC(c2noc([C@H]3CCCCCN3)n2)CC1. The first-order chi connectivity index (χ1) is 9.43. The molecule has 4 heteroatoms. The van der Waals surface area contributed by atoms with Crippen LogP contribution in [0.2, 0.25) is 0 Å². The Hall–Kier alpha value is -0.900. The highest BCUT2D eigenvalue weighted by Crippen LogP contribution is 2.31. The van der Waals surface area contributed by atoms with E-state index in [-0.39, 0.29) is 6.04 Å². The molecule has 0 radical (unpaired) electrons. The highest BCUT2D eigenvalue weighted by Gasteiger charge is 2.24. The Morgan fingerprint density at radius 3 is 2.47 bits per heavy atom. The molecule has 0 unspecified atom stereocenters. The second-order valence-electron chi connectivity index (χ2n) is 6.04. The average Bonchev–Trinajstić information content (AvgIpc) is 2.67. The zero-order chi connectivity index (χ0) is 12.9. The van der Waals surface area contributed by atoms with Crippen molar-refractivity contribution in [1.29, 1.82) is 0 Å². The van der Waals surface area contributed by atoms with E-state index >= 15 is 0 Å². The smallest absolute Gasteiger partial charge is 0.243 e. The van der Waals surface area contributed by atoms with Crippen LogP contribution in [0.5, 0.6) is 0 Å². The summed E-state index contributed by atoms with van der Waals surface area (Å²) in [6.07, 6.45) is 12.8. The summed E-state index contributed by atoms with van der Waals surface area (Å²) in [7, 11) is 0. The summed E-state index contributed by atoms with van der Waals surface area (Å²) in [5.74, 6) is 2.31. The van der Waals surface area contributed by atoms with Gasteiger partial charge < -0.3 is 9.84 Å². The van der Waals surface area contributed by atoms with Gasteiger partial charge in [-0.05, 0) is 32.2 Å². The van der Waals surface area contributed by atoms with Gasteiger partial charge in [-0.3, -0.25) is 0 Å². The third-order valence-corrected chi connectivity index (χ3v) is 4.54. The summed E-state index contributed by atoms with van der Waals surface area (Å²) in [5, 5.41) is 7.79. The van der Waals surface area contributed by atoms with Crippen LogP contribution in [-0.2, 0) is 0 Å². The molecule has 2 fully saturated rings. The fraction of sp³-hybridized carbons (Fsp3) is 0.867. The molecular weight excluding hydrogens is 238 g/mol. The van der Waals surface area contributed by atoms with Gasteiger partial charge >= 0.3 is 0 Å². The number of nitrogens with one attached hydrogen (secondary N) is 1. The molecule has 3 rings (SSSR count). The normalized spacial score (nSPS) is 26.8. The lowest BCUT2D eigenvalue weighted by molar-refractivity contribution is 0.322. The van der Waals surface area contributed by atoms with E-state index in [1.807, 2.05) is 0 Å². The van der Waals surface area contributed by atoms with Crippen LogP contribution in [0.4, 0.5) is 0 Å². The Labute approximate surface area is 115 Å². The number of nitrogens with zero attached hydrogens (tertiary/aromatic N) is 2. The van der Waals surface area contributed by atoms with E-state index in [0.717, 1.165) is 24.7 Å². The van der Waals surface area contributed by atoms with E-state index in [0.29, 0.717) is 5.92 Å². The van der Waals surface area contributed by atoms with Gasteiger partial charge in [-0.15, -0.1) is 0 Å². The van der Waals surface area contributed by atoms with Crippen molar-refractivity contribution >= 4 is 0 Å². The summed E-state index contributed by atoms with van der Waals surface area (Å²) in [6.45, 7) is 1.08. The molecule has 1 atom stereocenters. The highest BCUT2D eigenvalue weighted by atomic mass is 16.5. The Kier molecular flexibility index (Phi) is 4.49. The first-order valence-electron chi connectivity index (χ1n) is 8.00. The highest BCUT2D eigenvalue weighted by molar-refractivity contribution is 4.99. The molecule has 1 saturated heterocycles. The van der Waals surface area contributed by atoms with Crippen molar-refractivity contribution < 1.29 is 4.52 Å². The van der Waals surface area contributed by atoms with Gasteiger partial charge in [0.2, 0.25) is 5.89 Å². The molecule has 0 bridgehead atoms. The largest absolute Gasteiger partial charge is 0.338 e. The van der Waals surface area contributed by atoms with Gasteiger partial charge in [0.1, 0.15) is 0 Å². The summed E-state index contributed by atoms with van der Waals surface area (Å²) >= 11 is 0. The molecule has 1 aliphatic heterocycles. The summed E-state index contributed by atoms with van der Waals surface area (Å²) in [5.41, 5.74) is 0. The topological polar surface area (TPSA) is 51.0 Å². The van der Waals surface area contributed by atoms with E-state index < -0.39 is 0 Å². The zero-order valence-electron chi connectivity index (χ0n) is 11.7. The van der Waals surface area contributed by atoms with Crippen LogP contribution in [0.3, 0.4) is 0 Å². The molecule has 0 spiro atoms. The third kappa shape index (κ3) is 3.35. The molecule has 0 aromatic carbocycles. The first kappa shape index (κ1) is 13.1.